The molecular weight excluding hydrogens is 479 g/mol. The topological polar surface area (TPSA) is 133 Å². The van der Waals surface area contributed by atoms with Crippen molar-refractivity contribution in [1.82, 2.24) is 0 Å². The maximum atomic E-state index is 12.3. The van der Waals surface area contributed by atoms with Gasteiger partial charge in [0.2, 0.25) is 0 Å². The van der Waals surface area contributed by atoms with E-state index < -0.39 is 33.9 Å². The molecule has 0 aliphatic heterocycles. The molecule has 0 saturated carbocycles. The Bertz CT molecular complexity index is 717. The average Bonchev–Trinajstić information content (AvgIpc) is 2.70. The Kier molecular flexibility index (Phi) is 20.7. The van der Waals surface area contributed by atoms with Crippen LogP contribution in [0.5, 0.6) is 0 Å². The summed E-state index contributed by atoms with van der Waals surface area (Å²) < 4.78 is 45.1. The van der Waals surface area contributed by atoms with Crippen molar-refractivity contribution >= 4 is 79.4 Å². The van der Waals surface area contributed by atoms with Gasteiger partial charge in [0.1, 0.15) is 19.1 Å². The van der Waals surface area contributed by atoms with Crippen molar-refractivity contribution in [2.75, 3.05) is 25.6 Å². The van der Waals surface area contributed by atoms with Crippen LogP contribution in [-0.2, 0) is 38.7 Å². The molecule has 0 aliphatic carbocycles. The van der Waals surface area contributed by atoms with Gasteiger partial charge in [-0.3, -0.25) is 9.35 Å². The van der Waals surface area contributed by atoms with Crippen LogP contribution in [0.4, 0.5) is 0 Å². The monoisotopic (exact) mass is 516 g/mol. The number of esters is 3. The van der Waals surface area contributed by atoms with Gasteiger partial charge in [0.25, 0.3) is 10.1 Å². The predicted octanol–water partition coefficient (Wildman–Crippen LogP) is 2.74. The van der Waals surface area contributed by atoms with Crippen molar-refractivity contribution in [3.8, 4) is 0 Å². The van der Waals surface area contributed by atoms with Crippen LogP contribution in [0, 0.1) is 5.92 Å². The zero-order chi connectivity index (χ0) is 24.6. The molecule has 186 valence electrons. The molecule has 0 radical (unpaired) electrons. The van der Waals surface area contributed by atoms with Crippen molar-refractivity contribution in [1.29, 1.82) is 0 Å². The summed E-state index contributed by atoms with van der Waals surface area (Å²) in [5.41, 5.74) is 0.379. The first-order chi connectivity index (χ1) is 14.9. The molecule has 9 nitrogen and oxygen atoms in total. The Hall–Kier alpha value is -0.564. The fraction of sp³-hybridized carbons (Fsp3) is 0.682. The SMILES string of the molecule is C=C(C)C(=O)OCC(COC(=O)C(=C)C)C(=O)OCCCCCCCCCCS(=O)(=O)O.[KH]. The molecule has 0 atom stereocenters. The van der Waals surface area contributed by atoms with E-state index in [0.29, 0.717) is 12.8 Å². The molecule has 0 fully saturated rings. The quantitative estimate of drug-likeness (QED) is 0.0729. The molecule has 0 aromatic heterocycles. The van der Waals surface area contributed by atoms with Crippen LogP contribution < -0.4 is 0 Å². The van der Waals surface area contributed by atoms with Crippen LogP contribution in [0.3, 0.4) is 0 Å². The molecule has 0 bridgehead atoms. The first-order valence-electron chi connectivity index (χ1n) is 10.7. The zero-order valence-corrected chi connectivity index (χ0v) is 19.9. The van der Waals surface area contributed by atoms with Crippen LogP contribution in [0.2, 0.25) is 0 Å². The molecule has 0 spiro atoms. The number of hydrogen-bond donors (Lipinski definition) is 1. The number of carbonyl (C=O) groups excluding carboxylic acids is 3. The molecule has 0 unspecified atom stereocenters. The van der Waals surface area contributed by atoms with Crippen LogP contribution >= 0.6 is 0 Å². The van der Waals surface area contributed by atoms with E-state index in [2.05, 4.69) is 13.2 Å². The average molecular weight is 517 g/mol. The van der Waals surface area contributed by atoms with E-state index in [1.807, 2.05) is 0 Å². The zero-order valence-electron chi connectivity index (χ0n) is 19.1. The van der Waals surface area contributed by atoms with Crippen LogP contribution in [0.15, 0.2) is 24.3 Å². The van der Waals surface area contributed by atoms with Crippen LogP contribution in [-0.4, -0.2) is 108 Å². The summed E-state index contributed by atoms with van der Waals surface area (Å²) in [5, 5.41) is 0. The molecule has 0 heterocycles. The fourth-order valence-corrected chi connectivity index (χ4v) is 3.09. The minimum atomic E-state index is -3.87. The summed E-state index contributed by atoms with van der Waals surface area (Å²) in [7, 11) is -3.87. The van der Waals surface area contributed by atoms with E-state index in [0.717, 1.165) is 38.5 Å². The first kappa shape index (κ1) is 34.6. The summed E-state index contributed by atoms with van der Waals surface area (Å²) >= 11 is 0. The van der Waals surface area contributed by atoms with E-state index in [4.69, 9.17) is 18.8 Å². The Morgan fingerprint density at radius 3 is 1.55 bits per heavy atom. The Morgan fingerprint density at radius 1 is 0.758 bits per heavy atom. The standard InChI is InChI=1S/C22H36O9S.K.H/c1-17(2)20(23)30-15-19(16-31-21(24)18(3)4)22(25)29-13-11-9-7-5-6-8-10-12-14-32(26,27)28;;/h19H,1,3,5-16H2,2,4H3,(H,26,27,28);;. The summed E-state index contributed by atoms with van der Waals surface area (Å²) in [6.45, 7) is 9.53. The van der Waals surface area contributed by atoms with Crippen molar-refractivity contribution < 1.29 is 41.6 Å². The van der Waals surface area contributed by atoms with Crippen LogP contribution in [0.1, 0.15) is 65.2 Å². The van der Waals surface area contributed by atoms with E-state index >= 15 is 0 Å². The second-order valence-corrected chi connectivity index (χ2v) is 9.31. The second kappa shape index (κ2) is 19.7. The van der Waals surface area contributed by atoms with Gasteiger partial charge in [-0.1, -0.05) is 51.7 Å². The summed E-state index contributed by atoms with van der Waals surface area (Å²) in [4.78, 5) is 35.4. The van der Waals surface area contributed by atoms with Crippen molar-refractivity contribution in [3.05, 3.63) is 24.3 Å². The van der Waals surface area contributed by atoms with Crippen molar-refractivity contribution in [2.24, 2.45) is 5.92 Å². The van der Waals surface area contributed by atoms with Gasteiger partial charge < -0.3 is 14.2 Å². The minimum absolute atomic E-state index is 0. The molecule has 0 aromatic rings. The van der Waals surface area contributed by atoms with Gasteiger partial charge in [0, 0.05) is 11.1 Å². The summed E-state index contributed by atoms with van der Waals surface area (Å²) in [6.07, 6.45) is 6.54. The van der Waals surface area contributed by atoms with Gasteiger partial charge in [0.05, 0.1) is 12.4 Å². The third-order valence-electron chi connectivity index (χ3n) is 4.40. The van der Waals surface area contributed by atoms with E-state index in [1.54, 1.807) is 0 Å². The Balaban J connectivity index is 0. The molecule has 0 amide bonds. The normalized spacial score (nSPS) is 10.8. The molecule has 0 rings (SSSR count). The van der Waals surface area contributed by atoms with E-state index in [9.17, 15) is 22.8 Å². The second-order valence-electron chi connectivity index (χ2n) is 7.74. The van der Waals surface area contributed by atoms with Gasteiger partial charge >= 0.3 is 69.3 Å². The summed E-state index contributed by atoms with van der Waals surface area (Å²) in [6, 6.07) is 0. The molecule has 11 heteroatoms. The fourth-order valence-electron chi connectivity index (χ4n) is 2.52. The Labute approximate surface area is 239 Å². The van der Waals surface area contributed by atoms with Crippen molar-refractivity contribution in [2.45, 2.75) is 65.2 Å². The number of hydrogen-bond acceptors (Lipinski definition) is 8. The third kappa shape index (κ3) is 20.5. The third-order valence-corrected chi connectivity index (χ3v) is 5.21. The van der Waals surface area contributed by atoms with Gasteiger partial charge in [-0.15, -0.1) is 0 Å². The van der Waals surface area contributed by atoms with E-state index in [-0.39, 0.29) is 88.1 Å². The number of rotatable bonds is 18. The van der Waals surface area contributed by atoms with Gasteiger partial charge in [-0.05, 0) is 26.7 Å². The first-order valence-corrected chi connectivity index (χ1v) is 12.3. The number of unbranched alkanes of at least 4 members (excludes halogenated alkanes) is 7. The number of ether oxygens (including phenoxy) is 3. The van der Waals surface area contributed by atoms with Gasteiger partial charge in [-0.25, -0.2) is 9.59 Å². The van der Waals surface area contributed by atoms with Crippen molar-refractivity contribution in [3.63, 3.8) is 0 Å². The molecule has 33 heavy (non-hydrogen) atoms. The van der Waals surface area contributed by atoms with Crippen LogP contribution in [0.25, 0.3) is 0 Å². The molecule has 0 saturated heterocycles. The van der Waals surface area contributed by atoms with E-state index in [1.165, 1.54) is 13.8 Å². The molecule has 0 aromatic carbocycles. The predicted molar refractivity (Wildman–Crippen MR) is 126 cm³/mol. The molecule has 1 N–H and O–H groups in total. The maximum absolute atomic E-state index is 12.3. The molecule has 0 aliphatic rings. The Morgan fingerprint density at radius 2 is 1.15 bits per heavy atom. The number of carbonyl (C=O) groups is 3. The summed E-state index contributed by atoms with van der Waals surface area (Å²) in [5.74, 6) is -3.05. The van der Waals surface area contributed by atoms with Gasteiger partial charge in [0.15, 0.2) is 0 Å². The van der Waals surface area contributed by atoms with Gasteiger partial charge in [-0.2, -0.15) is 8.42 Å². The molecular formula is C22H37KO9S.